The highest BCUT2D eigenvalue weighted by atomic mass is 32.2. The molecule has 4 heteroatoms. The Morgan fingerprint density at radius 3 is 2.43 bits per heavy atom. The van der Waals surface area contributed by atoms with Gasteiger partial charge in [0.05, 0.1) is 9.80 Å². The van der Waals surface area contributed by atoms with Crippen molar-refractivity contribution in [2.75, 3.05) is 0 Å². The molecule has 0 aliphatic carbocycles. The van der Waals surface area contributed by atoms with Gasteiger partial charge in [-0.15, -0.1) is 11.8 Å². The van der Waals surface area contributed by atoms with Crippen molar-refractivity contribution >= 4 is 21.6 Å². The monoisotopic (exact) mass is 324 g/mol. The number of allylic oxidation sites excluding steroid dienone is 1. The number of hydrogen-bond donors (Lipinski definition) is 0. The van der Waals surface area contributed by atoms with Crippen molar-refractivity contribution in [2.45, 2.75) is 62.5 Å². The summed E-state index contributed by atoms with van der Waals surface area (Å²) in [4.78, 5) is 2.22. The molecule has 21 heavy (non-hydrogen) atoms. The zero-order chi connectivity index (χ0) is 15.3. The Balaban J connectivity index is 2.21. The predicted molar refractivity (Wildman–Crippen MR) is 91.1 cm³/mol. The molecule has 0 radical (unpaired) electrons. The third-order valence-electron chi connectivity index (χ3n) is 3.70. The van der Waals surface area contributed by atoms with Crippen LogP contribution in [0.5, 0.6) is 0 Å². The summed E-state index contributed by atoms with van der Waals surface area (Å²) in [7, 11) is -3.30. The van der Waals surface area contributed by atoms with Crippen LogP contribution in [0.3, 0.4) is 0 Å². The molecule has 0 saturated carbocycles. The molecule has 2 nitrogen and oxygen atoms in total. The summed E-state index contributed by atoms with van der Waals surface area (Å²) in [6.45, 7) is 4.24. The van der Waals surface area contributed by atoms with E-state index in [1.807, 2.05) is 13.0 Å². The summed E-state index contributed by atoms with van der Waals surface area (Å²) in [5.74, 6) is 0. The molecule has 1 unspecified atom stereocenters. The molecule has 1 heterocycles. The minimum absolute atomic E-state index is 0.431. The van der Waals surface area contributed by atoms with Crippen LogP contribution >= 0.6 is 11.8 Å². The average Bonchev–Trinajstić information content (AvgIpc) is 3.25. The van der Waals surface area contributed by atoms with E-state index in [-0.39, 0.29) is 0 Å². The summed E-state index contributed by atoms with van der Waals surface area (Å²) in [5, 5.41) is 0.441. The SMILES string of the molecule is CCCCCC1S/C1=C(\CCC)S(=O)(=O)c1ccccc1. The Hall–Kier alpha value is -0.740. The van der Waals surface area contributed by atoms with E-state index in [1.54, 1.807) is 36.0 Å². The lowest BCUT2D eigenvalue weighted by molar-refractivity contribution is 0.599. The fourth-order valence-corrected chi connectivity index (χ4v) is 5.74. The normalized spacial score (nSPS) is 20.4. The van der Waals surface area contributed by atoms with E-state index >= 15 is 0 Å². The second kappa shape index (κ2) is 7.50. The van der Waals surface area contributed by atoms with Crippen LogP contribution in [-0.4, -0.2) is 13.7 Å². The third kappa shape index (κ3) is 4.13. The van der Waals surface area contributed by atoms with Crippen LogP contribution in [0.15, 0.2) is 45.0 Å². The number of benzene rings is 1. The van der Waals surface area contributed by atoms with Crippen molar-refractivity contribution in [3.63, 3.8) is 0 Å². The smallest absolute Gasteiger partial charge is 0.203 e. The zero-order valence-corrected chi connectivity index (χ0v) is 14.5. The molecule has 1 aliphatic heterocycles. The first-order valence-corrected chi connectivity index (χ1v) is 10.2. The Labute approximate surface area is 132 Å². The maximum absolute atomic E-state index is 12.8. The number of rotatable bonds is 8. The third-order valence-corrected chi connectivity index (χ3v) is 7.09. The molecular formula is C17H24O2S2. The predicted octanol–water partition coefficient (Wildman–Crippen LogP) is 5.17. The van der Waals surface area contributed by atoms with E-state index in [2.05, 4.69) is 6.92 Å². The van der Waals surface area contributed by atoms with Crippen LogP contribution in [0.1, 0.15) is 52.4 Å². The Kier molecular flexibility index (Phi) is 5.94. The number of sulfone groups is 1. The van der Waals surface area contributed by atoms with E-state index in [9.17, 15) is 8.42 Å². The van der Waals surface area contributed by atoms with Crippen molar-refractivity contribution in [3.05, 3.63) is 40.1 Å². The van der Waals surface area contributed by atoms with Gasteiger partial charge >= 0.3 is 0 Å². The fourth-order valence-electron chi connectivity index (χ4n) is 2.49. The van der Waals surface area contributed by atoms with E-state index in [0.29, 0.717) is 21.5 Å². The summed E-state index contributed by atoms with van der Waals surface area (Å²) in [6, 6.07) is 8.83. The molecule has 1 atom stereocenters. The second-order valence-corrected chi connectivity index (χ2v) is 8.67. The summed E-state index contributed by atoms with van der Waals surface area (Å²) >= 11 is 1.76. The first kappa shape index (κ1) is 16.6. The Bertz CT molecular complexity index is 588. The number of thioether (sulfide) groups is 1. The molecular weight excluding hydrogens is 300 g/mol. The van der Waals surface area contributed by atoms with Crippen LogP contribution in [0.25, 0.3) is 0 Å². The highest BCUT2D eigenvalue weighted by Crippen LogP contribution is 2.53. The molecule has 0 amide bonds. The molecule has 0 spiro atoms. The minimum Gasteiger partial charge on any atom is -0.219 e. The van der Waals surface area contributed by atoms with Gasteiger partial charge in [-0.2, -0.15) is 0 Å². The largest absolute Gasteiger partial charge is 0.219 e. The molecule has 0 aromatic heterocycles. The topological polar surface area (TPSA) is 34.1 Å². The van der Waals surface area contributed by atoms with Crippen molar-refractivity contribution < 1.29 is 8.42 Å². The maximum Gasteiger partial charge on any atom is 0.203 e. The minimum atomic E-state index is -3.30. The number of unbranched alkanes of at least 4 members (excludes halogenated alkanes) is 2. The lowest BCUT2D eigenvalue weighted by atomic mass is 10.1. The molecule has 0 N–H and O–H groups in total. The highest BCUT2D eigenvalue weighted by molar-refractivity contribution is 8.12. The van der Waals surface area contributed by atoms with E-state index in [4.69, 9.17) is 0 Å². The lowest BCUT2D eigenvalue weighted by Crippen LogP contribution is -2.06. The molecule has 1 aromatic carbocycles. The van der Waals surface area contributed by atoms with E-state index < -0.39 is 9.84 Å². The van der Waals surface area contributed by atoms with Crippen molar-refractivity contribution in [2.24, 2.45) is 0 Å². The van der Waals surface area contributed by atoms with Gasteiger partial charge in [-0.1, -0.05) is 57.7 Å². The van der Waals surface area contributed by atoms with Crippen LogP contribution in [0, 0.1) is 0 Å². The summed E-state index contributed by atoms with van der Waals surface area (Å²) in [5.41, 5.74) is 0. The first-order valence-electron chi connectivity index (χ1n) is 7.81. The fraction of sp³-hybridized carbons (Fsp3) is 0.529. The van der Waals surface area contributed by atoms with Gasteiger partial charge in [0.1, 0.15) is 0 Å². The molecule has 1 aromatic rings. The maximum atomic E-state index is 12.8. The summed E-state index contributed by atoms with van der Waals surface area (Å²) in [6.07, 6.45) is 6.28. The Morgan fingerprint density at radius 2 is 1.81 bits per heavy atom. The van der Waals surface area contributed by atoms with Crippen molar-refractivity contribution in [1.82, 2.24) is 0 Å². The molecule has 1 saturated heterocycles. The second-order valence-electron chi connectivity index (χ2n) is 5.46. The molecule has 0 bridgehead atoms. The quantitative estimate of drug-likeness (QED) is 0.489. The standard InChI is InChI=1S/C17H24O2S2/c1-3-5-7-13-15-17(20-15)16(10-4-2)21(18,19)14-11-8-6-9-12-14/h6,8-9,11-12,15H,3-5,7,10,13H2,1-2H3/b17-16+. The number of hydrogen-bond acceptors (Lipinski definition) is 3. The van der Waals surface area contributed by atoms with Crippen molar-refractivity contribution in [3.8, 4) is 0 Å². The summed E-state index contributed by atoms with van der Waals surface area (Å²) < 4.78 is 25.6. The molecule has 1 aliphatic rings. The van der Waals surface area contributed by atoms with Gasteiger partial charge in [0.25, 0.3) is 0 Å². The Morgan fingerprint density at radius 1 is 1.10 bits per heavy atom. The van der Waals surface area contributed by atoms with Crippen LogP contribution < -0.4 is 0 Å². The highest BCUT2D eigenvalue weighted by Gasteiger charge is 2.38. The first-order chi connectivity index (χ1) is 10.1. The molecule has 1 fully saturated rings. The van der Waals surface area contributed by atoms with Gasteiger partial charge in [0, 0.05) is 10.2 Å². The molecule has 116 valence electrons. The average molecular weight is 325 g/mol. The van der Waals surface area contributed by atoms with Gasteiger partial charge in [0.2, 0.25) is 9.84 Å². The van der Waals surface area contributed by atoms with Crippen LogP contribution in [0.4, 0.5) is 0 Å². The van der Waals surface area contributed by atoms with Gasteiger partial charge in [-0.25, -0.2) is 8.42 Å². The van der Waals surface area contributed by atoms with Gasteiger partial charge in [0.15, 0.2) is 0 Å². The van der Waals surface area contributed by atoms with E-state index in [0.717, 1.165) is 17.7 Å². The van der Waals surface area contributed by atoms with E-state index in [1.165, 1.54) is 19.3 Å². The van der Waals surface area contributed by atoms with Gasteiger partial charge in [-0.05, 0) is 25.0 Å². The van der Waals surface area contributed by atoms with Crippen LogP contribution in [-0.2, 0) is 9.84 Å². The lowest BCUT2D eigenvalue weighted by Gasteiger charge is -2.08. The van der Waals surface area contributed by atoms with Gasteiger partial charge < -0.3 is 0 Å². The van der Waals surface area contributed by atoms with Crippen LogP contribution in [0.2, 0.25) is 0 Å². The molecule has 2 rings (SSSR count). The van der Waals surface area contributed by atoms with Gasteiger partial charge in [-0.3, -0.25) is 0 Å². The zero-order valence-electron chi connectivity index (χ0n) is 12.8. The van der Waals surface area contributed by atoms with Crippen molar-refractivity contribution in [1.29, 1.82) is 0 Å².